The molecule has 0 unspecified atom stereocenters. The van der Waals surface area contributed by atoms with Crippen LogP contribution in [-0.4, -0.2) is 22.3 Å². The van der Waals surface area contributed by atoms with Crippen LogP contribution in [-0.2, 0) is 22.2 Å². The number of thiocarbonyl (C=S) groups is 1. The summed E-state index contributed by atoms with van der Waals surface area (Å²) in [6, 6.07) is -1.21. The fourth-order valence-electron chi connectivity index (χ4n) is 0.391. The molecular formula is C6H9LaN2O4S2. The Balaban J connectivity index is -0.000000249. The molecular weight excluding hydrogens is 367 g/mol. The van der Waals surface area contributed by atoms with E-state index < -0.39 is 18.0 Å². The molecule has 0 aromatic carbocycles. The molecule has 0 heterocycles. The van der Waals surface area contributed by atoms with Crippen LogP contribution in [0.15, 0.2) is 0 Å². The van der Waals surface area contributed by atoms with Crippen molar-refractivity contribution in [3.05, 3.63) is 0 Å². The molecule has 0 bridgehead atoms. The van der Waals surface area contributed by atoms with Crippen LogP contribution >= 0.6 is 12.2 Å². The molecule has 6 nitrogen and oxygen atoms in total. The molecule has 4 N–H and O–H groups in total. The SMILES string of the molecule is NC(=S)[S-].N[C@@H](CCC(=O)[O-])C(=O)[O-].[La+3]. The molecule has 0 aromatic heterocycles. The molecule has 9 heteroatoms. The summed E-state index contributed by atoms with van der Waals surface area (Å²) in [7, 11) is 0. The normalized spacial score (nSPS) is 9.93. The molecule has 1 atom stereocenters. The van der Waals surface area contributed by atoms with Gasteiger partial charge < -0.3 is 56.1 Å². The van der Waals surface area contributed by atoms with Crippen molar-refractivity contribution in [3.63, 3.8) is 0 Å². The predicted octanol–water partition coefficient (Wildman–Crippen LogP) is -3.63. The summed E-state index contributed by atoms with van der Waals surface area (Å²) in [6.45, 7) is 0. The fraction of sp³-hybridized carbons (Fsp3) is 0.500. The van der Waals surface area contributed by atoms with Gasteiger partial charge in [-0.3, -0.25) is 0 Å². The molecule has 82 valence electrons. The third kappa shape index (κ3) is 25.0. The van der Waals surface area contributed by atoms with Crippen LogP contribution in [0.5, 0.6) is 0 Å². The van der Waals surface area contributed by atoms with E-state index in [1.165, 1.54) is 0 Å². The molecule has 0 saturated carbocycles. The first-order valence-corrected chi connectivity index (χ1v) is 4.21. The van der Waals surface area contributed by atoms with Crippen molar-refractivity contribution in [3.8, 4) is 0 Å². The van der Waals surface area contributed by atoms with Crippen molar-refractivity contribution in [1.82, 2.24) is 0 Å². The van der Waals surface area contributed by atoms with E-state index in [9.17, 15) is 19.8 Å². The number of carbonyl (C=O) groups excluding carboxylic acids is 2. The monoisotopic (exact) mass is 376 g/mol. The standard InChI is InChI=1S/C5H9NO4.CH3NS2.La/c6-3(5(9)10)1-2-4(7)8;2-1(3)4;/h3H,1-2,6H2,(H,7,8)(H,9,10);(H3,2,3,4);/q;;+3/p-3/t3-;;/m0../s1. The smallest absolute Gasteiger partial charge is 0.550 e. The second-order valence-electron chi connectivity index (χ2n) is 2.16. The number of rotatable bonds is 4. The Morgan fingerprint density at radius 3 is 1.93 bits per heavy atom. The van der Waals surface area contributed by atoms with Crippen LogP contribution in [0.25, 0.3) is 0 Å². The van der Waals surface area contributed by atoms with Crippen molar-refractivity contribution in [2.75, 3.05) is 0 Å². The number of nitrogens with two attached hydrogens (primary N) is 2. The van der Waals surface area contributed by atoms with E-state index >= 15 is 0 Å². The molecule has 15 heavy (non-hydrogen) atoms. The Morgan fingerprint density at radius 1 is 1.40 bits per heavy atom. The van der Waals surface area contributed by atoms with Gasteiger partial charge in [-0.05, 0) is 12.8 Å². The van der Waals surface area contributed by atoms with Gasteiger partial charge in [0.1, 0.15) is 0 Å². The van der Waals surface area contributed by atoms with Gasteiger partial charge in [0.25, 0.3) is 0 Å². The summed E-state index contributed by atoms with van der Waals surface area (Å²) in [5, 5.41) is 19.6. The zero-order valence-electron chi connectivity index (χ0n) is 7.67. The minimum absolute atomic E-state index is 0. The van der Waals surface area contributed by atoms with Crippen LogP contribution in [0.4, 0.5) is 0 Å². The van der Waals surface area contributed by atoms with E-state index in [0.717, 1.165) is 0 Å². The van der Waals surface area contributed by atoms with Gasteiger partial charge in [-0.15, -0.1) is 0 Å². The summed E-state index contributed by atoms with van der Waals surface area (Å²) in [5.74, 6) is -2.75. The quantitative estimate of drug-likeness (QED) is 0.380. The Hall–Kier alpha value is 0.205. The third-order valence-corrected chi connectivity index (χ3v) is 0.962. The van der Waals surface area contributed by atoms with Gasteiger partial charge in [-0.2, -0.15) is 0 Å². The maximum Gasteiger partial charge on any atom is 3.00 e. The molecule has 0 amide bonds. The minimum Gasteiger partial charge on any atom is -0.550 e. The first-order chi connectivity index (χ1) is 6.27. The molecule has 0 aliphatic rings. The van der Waals surface area contributed by atoms with Crippen LogP contribution in [0.3, 0.4) is 0 Å². The van der Waals surface area contributed by atoms with Crippen molar-refractivity contribution in [2.45, 2.75) is 18.9 Å². The topological polar surface area (TPSA) is 132 Å². The van der Waals surface area contributed by atoms with E-state index in [4.69, 9.17) is 5.73 Å². The first kappa shape index (κ1) is 20.6. The van der Waals surface area contributed by atoms with E-state index in [-0.39, 0.29) is 52.8 Å². The van der Waals surface area contributed by atoms with Crippen LogP contribution in [0.1, 0.15) is 12.8 Å². The molecule has 0 radical (unpaired) electrons. The maximum absolute atomic E-state index is 9.86. The van der Waals surface area contributed by atoms with Crippen LogP contribution in [0.2, 0.25) is 0 Å². The van der Waals surface area contributed by atoms with Crippen LogP contribution < -0.4 is 21.7 Å². The van der Waals surface area contributed by atoms with E-state index in [0.29, 0.717) is 0 Å². The fourth-order valence-corrected chi connectivity index (χ4v) is 0.391. The molecule has 0 aromatic rings. The van der Waals surface area contributed by atoms with Gasteiger partial charge in [0.2, 0.25) is 0 Å². The zero-order valence-corrected chi connectivity index (χ0v) is 12.9. The Morgan fingerprint density at radius 2 is 1.73 bits per heavy atom. The van der Waals surface area contributed by atoms with Crippen molar-refractivity contribution in [1.29, 1.82) is 0 Å². The first-order valence-electron chi connectivity index (χ1n) is 3.40. The summed E-state index contributed by atoms with van der Waals surface area (Å²) in [5.41, 5.74) is 9.57. The van der Waals surface area contributed by atoms with Gasteiger partial charge in [0, 0.05) is 12.0 Å². The number of hydrogen-bond donors (Lipinski definition) is 2. The number of hydrogen-bond acceptors (Lipinski definition) is 7. The average molecular weight is 376 g/mol. The molecule has 0 rings (SSSR count). The zero-order chi connectivity index (χ0) is 11.7. The van der Waals surface area contributed by atoms with E-state index in [1.807, 2.05) is 0 Å². The second-order valence-corrected chi connectivity index (χ2v) is 3.29. The van der Waals surface area contributed by atoms with Gasteiger partial charge >= 0.3 is 35.6 Å². The van der Waals surface area contributed by atoms with E-state index in [2.05, 4.69) is 30.6 Å². The third-order valence-electron chi connectivity index (χ3n) is 0.962. The number of aliphatic carboxylic acids is 2. The number of carboxylic acids is 2. The van der Waals surface area contributed by atoms with Gasteiger partial charge in [0.15, 0.2) is 0 Å². The predicted molar refractivity (Wildman–Crippen MR) is 51.4 cm³/mol. The molecule has 0 aliphatic carbocycles. The van der Waals surface area contributed by atoms with Gasteiger partial charge in [-0.25, -0.2) is 0 Å². The Labute approximate surface area is 126 Å². The summed E-state index contributed by atoms with van der Waals surface area (Å²) < 4.78 is 0.0833. The van der Waals surface area contributed by atoms with Gasteiger partial charge in [0.05, 0.1) is 5.97 Å². The summed E-state index contributed by atoms with van der Waals surface area (Å²) in [6.07, 6.45) is -0.500. The summed E-state index contributed by atoms with van der Waals surface area (Å²) in [4.78, 5) is 19.6. The van der Waals surface area contributed by atoms with Crippen molar-refractivity contribution >= 4 is 41.1 Å². The van der Waals surface area contributed by atoms with Crippen LogP contribution in [0, 0.1) is 35.6 Å². The summed E-state index contributed by atoms with van der Waals surface area (Å²) >= 11 is 8.26. The number of carboxylic acid groups (broad SMARTS) is 2. The van der Waals surface area contributed by atoms with Crippen molar-refractivity contribution in [2.24, 2.45) is 11.5 Å². The largest absolute Gasteiger partial charge is 3.00 e. The van der Waals surface area contributed by atoms with Gasteiger partial charge in [-0.1, -0.05) is 4.32 Å². The minimum atomic E-state index is -1.44. The Kier molecular flexibility index (Phi) is 16.9. The average Bonchev–Trinajstić information content (AvgIpc) is 1.98. The second kappa shape index (κ2) is 12.3. The van der Waals surface area contributed by atoms with Crippen molar-refractivity contribution < 1.29 is 55.4 Å². The molecule has 0 spiro atoms. The Bertz CT molecular complexity index is 223. The number of carbonyl (C=O) groups is 2. The molecule has 0 saturated heterocycles. The van der Waals surface area contributed by atoms with E-state index in [1.54, 1.807) is 0 Å². The maximum atomic E-state index is 9.86. The molecule has 0 aliphatic heterocycles. The molecule has 0 fully saturated rings.